The van der Waals surface area contributed by atoms with Gasteiger partial charge in [-0.05, 0) is 42.8 Å². The van der Waals surface area contributed by atoms with Crippen LogP contribution in [0.15, 0.2) is 54.6 Å². The predicted octanol–water partition coefficient (Wildman–Crippen LogP) is 4.31. The fourth-order valence-electron chi connectivity index (χ4n) is 1.90. The molecule has 0 aliphatic rings. The number of rotatable bonds is 7. The Labute approximate surface area is 130 Å². The van der Waals surface area contributed by atoms with Crippen molar-refractivity contribution in [1.82, 2.24) is 0 Å². The van der Waals surface area contributed by atoms with Crippen LogP contribution in [-0.2, 0) is 0 Å². The Balaban J connectivity index is 1.97. The normalized spacial score (nSPS) is 11.7. The first-order valence-electron chi connectivity index (χ1n) is 6.95. The van der Waals surface area contributed by atoms with Crippen LogP contribution in [0.3, 0.4) is 0 Å². The zero-order valence-electron chi connectivity index (χ0n) is 12.0. The van der Waals surface area contributed by atoms with Gasteiger partial charge in [0.25, 0.3) is 0 Å². The molecule has 0 bridgehead atoms. The van der Waals surface area contributed by atoms with Crippen molar-refractivity contribution in [3.05, 3.63) is 54.6 Å². The van der Waals surface area contributed by atoms with Crippen molar-refractivity contribution in [2.45, 2.75) is 25.9 Å². The van der Waals surface area contributed by atoms with Gasteiger partial charge < -0.3 is 15.2 Å². The van der Waals surface area contributed by atoms with E-state index < -0.39 is 0 Å². The molecule has 21 heavy (non-hydrogen) atoms. The summed E-state index contributed by atoms with van der Waals surface area (Å²) in [6, 6.07) is 17.2. The maximum atomic E-state index is 5.86. The zero-order valence-corrected chi connectivity index (χ0v) is 12.8. The number of hydrogen-bond acceptors (Lipinski definition) is 3. The number of hydrogen-bond donors (Lipinski definition) is 1. The first kappa shape index (κ1) is 15.3. The highest BCUT2D eigenvalue weighted by molar-refractivity contribution is 7.80. The minimum Gasteiger partial charge on any atom is -0.490 e. The molecular weight excluding hydrogens is 282 g/mol. The third kappa shape index (κ3) is 5.08. The van der Waals surface area contributed by atoms with Crippen LogP contribution in [0.25, 0.3) is 0 Å². The van der Waals surface area contributed by atoms with Crippen molar-refractivity contribution in [1.29, 1.82) is 0 Å². The zero-order chi connectivity index (χ0) is 15.1. The molecule has 0 aliphatic carbocycles. The summed E-state index contributed by atoms with van der Waals surface area (Å²) in [5, 5.41) is 0. The molecule has 0 aliphatic heterocycles. The minimum absolute atomic E-state index is 0.0170. The molecule has 3 nitrogen and oxygen atoms in total. The summed E-state index contributed by atoms with van der Waals surface area (Å²) in [4.78, 5) is 0.478. The lowest BCUT2D eigenvalue weighted by atomic mass is 10.2. The van der Waals surface area contributed by atoms with E-state index in [1.54, 1.807) is 0 Å². The molecule has 0 aromatic heterocycles. The van der Waals surface area contributed by atoms with Gasteiger partial charge in [-0.25, -0.2) is 0 Å². The Kier molecular flexibility index (Phi) is 5.58. The number of ether oxygens (including phenoxy) is 2. The summed E-state index contributed by atoms with van der Waals surface area (Å²) < 4.78 is 11.6. The van der Waals surface area contributed by atoms with Crippen molar-refractivity contribution in [3.8, 4) is 17.2 Å². The number of nitrogens with two attached hydrogens (primary N) is 1. The number of benzene rings is 2. The molecule has 0 spiro atoms. The lowest BCUT2D eigenvalue weighted by molar-refractivity contribution is 0.205. The summed E-state index contributed by atoms with van der Waals surface area (Å²) in [5.41, 5.74) is 5.56. The van der Waals surface area contributed by atoms with Crippen LogP contribution >= 0.6 is 12.2 Å². The van der Waals surface area contributed by atoms with Gasteiger partial charge in [0.2, 0.25) is 0 Å². The van der Waals surface area contributed by atoms with Crippen molar-refractivity contribution >= 4 is 17.2 Å². The molecule has 110 valence electrons. The lowest BCUT2D eigenvalue weighted by Gasteiger charge is -2.17. The van der Waals surface area contributed by atoms with E-state index in [0.717, 1.165) is 23.7 Å². The molecule has 0 fully saturated rings. The monoisotopic (exact) mass is 301 g/mol. The summed E-state index contributed by atoms with van der Waals surface area (Å²) in [7, 11) is 0. The van der Waals surface area contributed by atoms with Gasteiger partial charge in [-0.3, -0.25) is 0 Å². The summed E-state index contributed by atoms with van der Waals surface area (Å²) in [6.45, 7) is 2.05. The average molecular weight is 301 g/mol. The first-order chi connectivity index (χ1) is 10.2. The van der Waals surface area contributed by atoms with Gasteiger partial charge >= 0.3 is 0 Å². The Morgan fingerprint density at radius 3 is 2.14 bits per heavy atom. The molecule has 0 radical (unpaired) electrons. The van der Waals surface area contributed by atoms with Gasteiger partial charge in [0, 0.05) is 6.42 Å². The first-order valence-corrected chi connectivity index (χ1v) is 7.36. The van der Waals surface area contributed by atoms with Crippen LogP contribution in [0.5, 0.6) is 17.2 Å². The highest BCUT2D eigenvalue weighted by Crippen LogP contribution is 2.24. The number of para-hydroxylation sites is 1. The van der Waals surface area contributed by atoms with Gasteiger partial charge in [0.1, 0.15) is 23.4 Å². The fraction of sp³-hybridized carbons (Fsp3) is 0.235. The molecule has 4 heteroatoms. The Hall–Kier alpha value is -2.07. The van der Waals surface area contributed by atoms with E-state index in [1.165, 1.54) is 0 Å². The van der Waals surface area contributed by atoms with Crippen LogP contribution < -0.4 is 15.2 Å². The van der Waals surface area contributed by atoms with Crippen molar-refractivity contribution in [3.63, 3.8) is 0 Å². The molecule has 1 atom stereocenters. The average Bonchev–Trinajstić information content (AvgIpc) is 2.49. The molecule has 0 amide bonds. The van der Waals surface area contributed by atoms with Crippen LogP contribution in [0.1, 0.15) is 19.8 Å². The van der Waals surface area contributed by atoms with Crippen LogP contribution in [0.4, 0.5) is 0 Å². The second-order valence-corrected chi connectivity index (χ2v) is 5.23. The molecule has 2 aromatic carbocycles. The van der Waals surface area contributed by atoms with Crippen LogP contribution in [-0.4, -0.2) is 11.1 Å². The third-order valence-electron chi connectivity index (χ3n) is 2.99. The van der Waals surface area contributed by atoms with E-state index in [9.17, 15) is 0 Å². The lowest BCUT2D eigenvalue weighted by Crippen LogP contribution is -2.23. The van der Waals surface area contributed by atoms with Crippen LogP contribution in [0, 0.1) is 0 Å². The molecule has 0 heterocycles. The predicted molar refractivity (Wildman–Crippen MR) is 89.1 cm³/mol. The van der Waals surface area contributed by atoms with E-state index >= 15 is 0 Å². The van der Waals surface area contributed by atoms with Gasteiger partial charge in [-0.2, -0.15) is 0 Å². The van der Waals surface area contributed by atoms with E-state index in [2.05, 4.69) is 6.92 Å². The molecule has 1 unspecified atom stereocenters. The van der Waals surface area contributed by atoms with Gasteiger partial charge in [-0.1, -0.05) is 37.3 Å². The molecular formula is C17H19NO2S. The SMILES string of the molecule is CCC(CC(N)=S)Oc1ccc(Oc2ccccc2)cc1. The molecule has 2 N–H and O–H groups in total. The minimum atomic E-state index is 0.0170. The van der Waals surface area contributed by atoms with E-state index in [-0.39, 0.29) is 6.10 Å². The van der Waals surface area contributed by atoms with E-state index in [1.807, 2.05) is 54.6 Å². The fourth-order valence-corrected chi connectivity index (χ4v) is 2.08. The maximum Gasteiger partial charge on any atom is 0.127 e. The van der Waals surface area contributed by atoms with Gasteiger partial charge in [0.15, 0.2) is 0 Å². The molecule has 2 rings (SSSR count). The quantitative estimate of drug-likeness (QED) is 0.774. The molecule has 2 aromatic rings. The second kappa shape index (κ2) is 7.64. The van der Waals surface area contributed by atoms with Crippen molar-refractivity contribution in [2.75, 3.05) is 0 Å². The number of thiocarbonyl (C=S) groups is 1. The highest BCUT2D eigenvalue weighted by atomic mass is 32.1. The maximum absolute atomic E-state index is 5.86. The summed E-state index contributed by atoms with van der Waals surface area (Å²) in [5.74, 6) is 2.38. The Morgan fingerprint density at radius 1 is 1.00 bits per heavy atom. The van der Waals surface area contributed by atoms with Gasteiger partial charge in [-0.15, -0.1) is 0 Å². The molecule has 0 saturated heterocycles. The standard InChI is InChI=1S/C17H19NO2S/c1-2-13(12-17(18)21)19-15-8-10-16(11-9-15)20-14-6-4-3-5-7-14/h3-11,13H,2,12H2,1H3,(H2,18,21). The topological polar surface area (TPSA) is 44.5 Å². The summed E-state index contributed by atoms with van der Waals surface area (Å²) >= 11 is 4.93. The Bertz CT molecular complexity index is 569. The van der Waals surface area contributed by atoms with Gasteiger partial charge in [0.05, 0.1) is 4.99 Å². The largest absolute Gasteiger partial charge is 0.490 e. The summed E-state index contributed by atoms with van der Waals surface area (Å²) in [6.07, 6.45) is 1.47. The van der Waals surface area contributed by atoms with E-state index in [0.29, 0.717) is 11.4 Å². The van der Waals surface area contributed by atoms with E-state index in [4.69, 9.17) is 27.4 Å². The second-order valence-electron chi connectivity index (χ2n) is 4.71. The van der Waals surface area contributed by atoms with Crippen molar-refractivity contribution < 1.29 is 9.47 Å². The Morgan fingerprint density at radius 2 is 1.57 bits per heavy atom. The highest BCUT2D eigenvalue weighted by Gasteiger charge is 2.09. The third-order valence-corrected chi connectivity index (χ3v) is 3.16. The van der Waals surface area contributed by atoms with Crippen LogP contribution in [0.2, 0.25) is 0 Å². The van der Waals surface area contributed by atoms with Crippen molar-refractivity contribution in [2.24, 2.45) is 5.73 Å². The molecule has 0 saturated carbocycles. The smallest absolute Gasteiger partial charge is 0.127 e.